The molecule has 1 saturated carbocycles. The highest BCUT2D eigenvalue weighted by Crippen LogP contribution is 2.29. The van der Waals surface area contributed by atoms with E-state index in [1.54, 1.807) is 18.9 Å². The van der Waals surface area contributed by atoms with Crippen LogP contribution in [0.5, 0.6) is 5.75 Å². The Kier molecular flexibility index (Phi) is 4.92. The summed E-state index contributed by atoms with van der Waals surface area (Å²) in [4.78, 5) is 51.9. The second-order valence-corrected chi connectivity index (χ2v) is 6.32. The minimum Gasteiger partial charge on any atom is -0.497 e. The first-order chi connectivity index (χ1) is 12.5. The molecule has 8 nitrogen and oxygen atoms in total. The summed E-state index contributed by atoms with van der Waals surface area (Å²) in [6.07, 6.45) is 1.79. The van der Waals surface area contributed by atoms with Gasteiger partial charge in [-0.05, 0) is 37.5 Å². The molecule has 0 unspecified atom stereocenters. The molecular weight excluding hydrogens is 338 g/mol. The molecule has 1 aromatic carbocycles. The minimum atomic E-state index is -0.939. The number of carbonyl (C=O) groups excluding carboxylic acids is 4. The summed E-state index contributed by atoms with van der Waals surface area (Å²) in [6.45, 7) is 1.68. The topological polar surface area (TPSA) is 87.2 Å². The van der Waals surface area contributed by atoms with Crippen molar-refractivity contribution in [3.8, 4) is 5.75 Å². The van der Waals surface area contributed by atoms with Crippen LogP contribution >= 0.6 is 0 Å². The SMILES string of the molecule is CCN1C(=O)C(=O)N(CC(=O)N(Cc2ccc(OC)cc2)C2CC2)C1=O. The summed E-state index contributed by atoms with van der Waals surface area (Å²) >= 11 is 0. The van der Waals surface area contributed by atoms with Gasteiger partial charge in [0.1, 0.15) is 12.3 Å². The van der Waals surface area contributed by atoms with Crippen molar-refractivity contribution < 1.29 is 23.9 Å². The molecule has 1 aliphatic heterocycles. The van der Waals surface area contributed by atoms with Gasteiger partial charge in [-0.1, -0.05) is 12.1 Å². The fraction of sp³-hybridized carbons (Fsp3) is 0.444. The van der Waals surface area contributed by atoms with Gasteiger partial charge in [0.05, 0.1) is 7.11 Å². The van der Waals surface area contributed by atoms with Gasteiger partial charge < -0.3 is 9.64 Å². The average molecular weight is 359 g/mol. The van der Waals surface area contributed by atoms with Gasteiger partial charge in [0.15, 0.2) is 0 Å². The van der Waals surface area contributed by atoms with E-state index in [4.69, 9.17) is 4.74 Å². The van der Waals surface area contributed by atoms with Crippen LogP contribution in [-0.2, 0) is 20.9 Å². The van der Waals surface area contributed by atoms with Gasteiger partial charge >= 0.3 is 17.8 Å². The van der Waals surface area contributed by atoms with Crippen LogP contribution in [0.15, 0.2) is 24.3 Å². The molecule has 0 spiro atoms. The van der Waals surface area contributed by atoms with Gasteiger partial charge in [0.25, 0.3) is 0 Å². The Hall–Kier alpha value is -2.90. The van der Waals surface area contributed by atoms with E-state index in [1.165, 1.54) is 0 Å². The maximum Gasteiger partial charge on any atom is 0.334 e. The van der Waals surface area contributed by atoms with Crippen LogP contribution < -0.4 is 4.74 Å². The molecule has 1 aromatic rings. The zero-order valence-corrected chi connectivity index (χ0v) is 14.8. The molecule has 138 valence electrons. The summed E-state index contributed by atoms with van der Waals surface area (Å²) in [7, 11) is 1.58. The summed E-state index contributed by atoms with van der Waals surface area (Å²) in [5, 5.41) is 0. The Balaban J connectivity index is 1.70. The lowest BCUT2D eigenvalue weighted by atomic mass is 10.2. The zero-order valence-electron chi connectivity index (χ0n) is 14.8. The highest BCUT2D eigenvalue weighted by Gasteiger charge is 2.45. The van der Waals surface area contributed by atoms with Gasteiger partial charge in [-0.3, -0.25) is 19.3 Å². The molecule has 1 saturated heterocycles. The number of imide groups is 2. The third kappa shape index (κ3) is 3.40. The number of urea groups is 1. The van der Waals surface area contributed by atoms with Gasteiger partial charge in [0, 0.05) is 19.1 Å². The maximum atomic E-state index is 12.7. The molecule has 0 N–H and O–H groups in total. The first kappa shape index (κ1) is 17.9. The molecule has 26 heavy (non-hydrogen) atoms. The normalized spacial score (nSPS) is 17.1. The Morgan fingerprint density at radius 1 is 1.12 bits per heavy atom. The first-order valence-corrected chi connectivity index (χ1v) is 8.56. The van der Waals surface area contributed by atoms with Gasteiger partial charge in [-0.25, -0.2) is 9.69 Å². The van der Waals surface area contributed by atoms with Crippen LogP contribution in [0.3, 0.4) is 0 Å². The molecule has 8 heteroatoms. The van der Waals surface area contributed by atoms with E-state index in [9.17, 15) is 19.2 Å². The molecule has 0 bridgehead atoms. The van der Waals surface area contributed by atoms with Crippen molar-refractivity contribution in [1.82, 2.24) is 14.7 Å². The molecular formula is C18H21N3O5. The highest BCUT2D eigenvalue weighted by atomic mass is 16.5. The molecule has 1 heterocycles. The summed E-state index contributed by atoms with van der Waals surface area (Å²) in [6, 6.07) is 6.75. The molecule has 0 atom stereocenters. The van der Waals surface area contributed by atoms with Crippen molar-refractivity contribution in [2.75, 3.05) is 20.2 Å². The first-order valence-electron chi connectivity index (χ1n) is 8.56. The lowest BCUT2D eigenvalue weighted by Gasteiger charge is -2.24. The quantitative estimate of drug-likeness (QED) is 0.535. The number of nitrogens with zero attached hydrogens (tertiary/aromatic N) is 3. The Labute approximate surface area is 151 Å². The molecule has 1 aliphatic carbocycles. The third-order valence-corrected chi connectivity index (χ3v) is 4.56. The Bertz CT molecular complexity index is 742. The van der Waals surface area contributed by atoms with Crippen LogP contribution in [-0.4, -0.2) is 64.7 Å². The van der Waals surface area contributed by atoms with Crippen molar-refractivity contribution in [3.63, 3.8) is 0 Å². The second kappa shape index (κ2) is 7.15. The van der Waals surface area contributed by atoms with Crippen LogP contribution in [0.2, 0.25) is 0 Å². The Morgan fingerprint density at radius 2 is 1.73 bits per heavy atom. The number of methoxy groups -OCH3 is 1. The molecule has 2 fully saturated rings. The Morgan fingerprint density at radius 3 is 2.23 bits per heavy atom. The maximum absolute atomic E-state index is 12.7. The van der Waals surface area contributed by atoms with Crippen molar-refractivity contribution in [2.24, 2.45) is 0 Å². The summed E-state index contributed by atoms with van der Waals surface area (Å²) < 4.78 is 5.13. The van der Waals surface area contributed by atoms with Gasteiger partial charge in [0.2, 0.25) is 5.91 Å². The third-order valence-electron chi connectivity index (χ3n) is 4.56. The number of benzene rings is 1. The second-order valence-electron chi connectivity index (χ2n) is 6.32. The average Bonchev–Trinajstić information content (AvgIpc) is 3.46. The van der Waals surface area contributed by atoms with Crippen molar-refractivity contribution in [1.29, 1.82) is 0 Å². The van der Waals surface area contributed by atoms with Crippen molar-refractivity contribution >= 4 is 23.8 Å². The molecule has 0 aromatic heterocycles. The smallest absolute Gasteiger partial charge is 0.334 e. The fourth-order valence-corrected chi connectivity index (χ4v) is 2.93. The summed E-state index contributed by atoms with van der Waals surface area (Å²) in [5.74, 6) is -1.43. The van der Waals surface area contributed by atoms with Gasteiger partial charge in [-0.2, -0.15) is 0 Å². The number of rotatable bonds is 7. The predicted octanol–water partition coefficient (Wildman–Crippen LogP) is 0.997. The lowest BCUT2D eigenvalue weighted by Crippen LogP contribution is -2.44. The monoisotopic (exact) mass is 359 g/mol. The van der Waals surface area contributed by atoms with Gasteiger partial charge in [-0.15, -0.1) is 0 Å². The number of amides is 5. The molecule has 3 rings (SSSR count). The molecule has 5 amide bonds. The highest BCUT2D eigenvalue weighted by molar-refractivity contribution is 6.45. The molecule has 2 aliphatic rings. The largest absolute Gasteiger partial charge is 0.497 e. The predicted molar refractivity (Wildman–Crippen MR) is 91.1 cm³/mol. The van der Waals surface area contributed by atoms with E-state index < -0.39 is 24.4 Å². The fourth-order valence-electron chi connectivity index (χ4n) is 2.93. The van der Waals surface area contributed by atoms with E-state index in [0.717, 1.165) is 34.0 Å². The van der Waals surface area contributed by atoms with Crippen LogP contribution in [0.1, 0.15) is 25.3 Å². The van der Waals surface area contributed by atoms with Crippen LogP contribution in [0.4, 0.5) is 4.79 Å². The van der Waals surface area contributed by atoms with Crippen molar-refractivity contribution in [2.45, 2.75) is 32.4 Å². The molecule has 0 radical (unpaired) electrons. The van der Waals surface area contributed by atoms with Crippen LogP contribution in [0, 0.1) is 0 Å². The van der Waals surface area contributed by atoms with Crippen molar-refractivity contribution in [3.05, 3.63) is 29.8 Å². The minimum absolute atomic E-state index is 0.103. The van der Waals surface area contributed by atoms with E-state index in [2.05, 4.69) is 0 Å². The number of hydrogen-bond acceptors (Lipinski definition) is 5. The lowest BCUT2D eigenvalue weighted by molar-refractivity contribution is -0.145. The summed E-state index contributed by atoms with van der Waals surface area (Å²) in [5.41, 5.74) is 0.927. The number of likely N-dealkylation sites (N-methyl/N-ethyl adjacent to an activating group) is 1. The van der Waals surface area contributed by atoms with Crippen LogP contribution in [0.25, 0.3) is 0 Å². The number of hydrogen-bond donors (Lipinski definition) is 0. The van der Waals surface area contributed by atoms with E-state index in [-0.39, 0.29) is 18.5 Å². The van der Waals surface area contributed by atoms with E-state index in [0.29, 0.717) is 6.54 Å². The standard InChI is InChI=1S/C18H21N3O5/c1-3-19-16(23)17(24)21(18(19)25)11-15(22)20(13-6-7-13)10-12-4-8-14(26-2)9-5-12/h4-5,8-9,13H,3,6-7,10-11H2,1-2H3. The zero-order chi connectivity index (χ0) is 18.8. The van der Waals surface area contributed by atoms with E-state index in [1.807, 2.05) is 24.3 Å². The number of ether oxygens (including phenoxy) is 1. The van der Waals surface area contributed by atoms with E-state index >= 15 is 0 Å². The number of carbonyl (C=O) groups is 4.